The standard InChI is InChI=1S/C22H39N5OS/c1-4-23-22(24-16-19(18(2)3)26-9-5-6-10-26)25-17-20(21-8-7-15-29-21)27-11-13-28-14-12-27/h7-8,15,18-20H,4-6,9-14,16-17H2,1-3H3,(H2,23,24,25). The Morgan fingerprint density at radius 2 is 1.90 bits per heavy atom. The van der Waals surface area contributed by atoms with Gasteiger partial charge in [0.1, 0.15) is 0 Å². The van der Waals surface area contributed by atoms with Gasteiger partial charge in [-0.15, -0.1) is 11.3 Å². The lowest BCUT2D eigenvalue weighted by Gasteiger charge is -2.34. The van der Waals surface area contributed by atoms with E-state index in [0.29, 0.717) is 18.0 Å². The van der Waals surface area contributed by atoms with Crippen LogP contribution in [0.3, 0.4) is 0 Å². The van der Waals surface area contributed by atoms with Crippen molar-refractivity contribution in [1.82, 2.24) is 20.4 Å². The van der Waals surface area contributed by atoms with Gasteiger partial charge in [0.05, 0.1) is 25.8 Å². The van der Waals surface area contributed by atoms with Crippen molar-refractivity contribution < 1.29 is 4.74 Å². The van der Waals surface area contributed by atoms with Gasteiger partial charge in [0.2, 0.25) is 0 Å². The zero-order valence-corrected chi connectivity index (χ0v) is 19.2. The number of aliphatic imine (C=N–C) groups is 1. The molecule has 29 heavy (non-hydrogen) atoms. The van der Waals surface area contributed by atoms with Gasteiger partial charge in [0.15, 0.2) is 5.96 Å². The molecule has 1 aromatic heterocycles. The minimum atomic E-state index is 0.363. The van der Waals surface area contributed by atoms with Crippen LogP contribution in [0.4, 0.5) is 0 Å². The topological polar surface area (TPSA) is 52.1 Å². The normalized spacial score (nSPS) is 21.4. The van der Waals surface area contributed by atoms with Gasteiger partial charge in [0, 0.05) is 37.1 Å². The third-order valence-electron chi connectivity index (χ3n) is 5.98. The summed E-state index contributed by atoms with van der Waals surface area (Å²) >= 11 is 1.84. The number of ether oxygens (including phenoxy) is 1. The second kappa shape index (κ2) is 11.9. The van der Waals surface area contributed by atoms with Gasteiger partial charge in [-0.2, -0.15) is 0 Å². The summed E-state index contributed by atoms with van der Waals surface area (Å²) in [6, 6.07) is 5.29. The Hall–Kier alpha value is -1.15. The van der Waals surface area contributed by atoms with E-state index >= 15 is 0 Å². The molecule has 0 aliphatic carbocycles. The molecule has 6 nitrogen and oxygen atoms in total. The Morgan fingerprint density at radius 1 is 1.14 bits per heavy atom. The number of morpholine rings is 1. The average Bonchev–Trinajstić information content (AvgIpc) is 3.43. The first kappa shape index (κ1) is 22.5. The summed E-state index contributed by atoms with van der Waals surface area (Å²) in [5, 5.41) is 9.26. The van der Waals surface area contributed by atoms with Gasteiger partial charge in [0.25, 0.3) is 0 Å². The van der Waals surface area contributed by atoms with Crippen LogP contribution in [0.25, 0.3) is 0 Å². The van der Waals surface area contributed by atoms with Crippen LogP contribution >= 0.6 is 11.3 Å². The smallest absolute Gasteiger partial charge is 0.191 e. The lowest BCUT2D eigenvalue weighted by molar-refractivity contribution is 0.0177. The number of hydrogen-bond donors (Lipinski definition) is 2. The Labute approximate surface area is 180 Å². The summed E-state index contributed by atoms with van der Waals surface area (Å²) in [6.45, 7) is 15.4. The summed E-state index contributed by atoms with van der Waals surface area (Å²) in [5.74, 6) is 1.55. The maximum absolute atomic E-state index is 5.57. The SMILES string of the molecule is CCNC(=NCC(C(C)C)N1CCCC1)NCC(c1cccs1)N1CCOCC1. The summed E-state index contributed by atoms with van der Waals surface area (Å²) in [5.41, 5.74) is 0. The summed E-state index contributed by atoms with van der Waals surface area (Å²) in [4.78, 5) is 11.6. The third-order valence-corrected chi connectivity index (χ3v) is 6.95. The van der Waals surface area contributed by atoms with E-state index in [1.165, 1.54) is 30.8 Å². The van der Waals surface area contributed by atoms with Gasteiger partial charge < -0.3 is 15.4 Å². The van der Waals surface area contributed by atoms with Crippen molar-refractivity contribution in [2.45, 2.75) is 45.7 Å². The van der Waals surface area contributed by atoms with Gasteiger partial charge >= 0.3 is 0 Å². The first-order valence-electron chi connectivity index (χ1n) is 11.3. The van der Waals surface area contributed by atoms with Crippen molar-refractivity contribution in [3.05, 3.63) is 22.4 Å². The average molecular weight is 422 g/mol. The minimum absolute atomic E-state index is 0.363. The maximum Gasteiger partial charge on any atom is 0.191 e. The molecule has 0 spiro atoms. The molecular formula is C22H39N5OS. The molecule has 164 valence electrons. The number of hydrogen-bond acceptors (Lipinski definition) is 5. The fourth-order valence-corrected chi connectivity index (χ4v) is 5.18. The highest BCUT2D eigenvalue weighted by molar-refractivity contribution is 7.10. The molecule has 7 heteroatoms. The molecule has 1 aromatic rings. The van der Waals surface area contributed by atoms with Crippen LogP contribution in [-0.4, -0.2) is 80.8 Å². The molecule has 2 aliphatic rings. The number of nitrogens with one attached hydrogen (secondary N) is 2. The molecule has 3 rings (SSSR count). The second-order valence-corrected chi connectivity index (χ2v) is 9.31. The summed E-state index contributed by atoms with van der Waals surface area (Å²) < 4.78 is 5.57. The van der Waals surface area contributed by atoms with E-state index < -0.39 is 0 Å². The molecule has 2 atom stereocenters. The van der Waals surface area contributed by atoms with E-state index in [9.17, 15) is 0 Å². The first-order valence-corrected chi connectivity index (χ1v) is 12.2. The van der Waals surface area contributed by atoms with E-state index in [2.05, 4.69) is 58.7 Å². The predicted molar refractivity (Wildman–Crippen MR) is 123 cm³/mol. The molecule has 2 unspecified atom stereocenters. The quantitative estimate of drug-likeness (QED) is 0.474. The maximum atomic E-state index is 5.57. The van der Waals surface area contributed by atoms with E-state index in [1.807, 2.05) is 11.3 Å². The van der Waals surface area contributed by atoms with Crippen molar-refractivity contribution in [3.63, 3.8) is 0 Å². The van der Waals surface area contributed by atoms with Crippen LogP contribution in [-0.2, 0) is 4.74 Å². The molecule has 0 bridgehead atoms. The molecule has 0 aromatic carbocycles. The van der Waals surface area contributed by atoms with E-state index in [1.54, 1.807) is 0 Å². The van der Waals surface area contributed by atoms with Crippen LogP contribution in [0.2, 0.25) is 0 Å². The van der Waals surface area contributed by atoms with Crippen LogP contribution in [0, 0.1) is 5.92 Å². The number of nitrogens with zero attached hydrogens (tertiary/aromatic N) is 3. The van der Waals surface area contributed by atoms with Crippen molar-refractivity contribution in [2.75, 3.05) is 59.0 Å². The van der Waals surface area contributed by atoms with Crippen molar-refractivity contribution >= 4 is 17.3 Å². The largest absolute Gasteiger partial charge is 0.379 e. The number of likely N-dealkylation sites (tertiary alicyclic amines) is 1. The Kier molecular flexibility index (Phi) is 9.24. The molecule has 2 aliphatic heterocycles. The highest BCUT2D eigenvalue weighted by Gasteiger charge is 2.25. The Bertz CT molecular complexity index is 594. The Morgan fingerprint density at radius 3 is 2.52 bits per heavy atom. The molecule has 0 amide bonds. The molecule has 2 saturated heterocycles. The van der Waals surface area contributed by atoms with Crippen molar-refractivity contribution in [3.8, 4) is 0 Å². The predicted octanol–water partition coefficient (Wildman–Crippen LogP) is 2.80. The minimum Gasteiger partial charge on any atom is -0.379 e. The fraction of sp³-hybridized carbons (Fsp3) is 0.773. The summed E-state index contributed by atoms with van der Waals surface area (Å²) in [6.07, 6.45) is 2.65. The lowest BCUT2D eigenvalue weighted by Crippen LogP contribution is -2.46. The first-order chi connectivity index (χ1) is 14.2. The molecule has 0 saturated carbocycles. The van der Waals surface area contributed by atoms with E-state index in [0.717, 1.165) is 51.9 Å². The highest BCUT2D eigenvalue weighted by atomic mass is 32.1. The van der Waals surface area contributed by atoms with Gasteiger partial charge in [-0.05, 0) is 50.2 Å². The van der Waals surface area contributed by atoms with E-state index in [-0.39, 0.29) is 0 Å². The fourth-order valence-electron chi connectivity index (χ4n) is 4.32. The van der Waals surface area contributed by atoms with Crippen LogP contribution < -0.4 is 10.6 Å². The van der Waals surface area contributed by atoms with Crippen LogP contribution in [0.15, 0.2) is 22.5 Å². The van der Waals surface area contributed by atoms with Crippen molar-refractivity contribution in [1.29, 1.82) is 0 Å². The molecule has 0 radical (unpaired) electrons. The number of rotatable bonds is 9. The number of guanidine groups is 1. The van der Waals surface area contributed by atoms with Gasteiger partial charge in [-0.25, -0.2) is 0 Å². The highest BCUT2D eigenvalue weighted by Crippen LogP contribution is 2.25. The third kappa shape index (κ3) is 6.67. The Balaban J connectivity index is 1.63. The van der Waals surface area contributed by atoms with Gasteiger partial charge in [-0.1, -0.05) is 19.9 Å². The number of thiophene rings is 1. The van der Waals surface area contributed by atoms with Gasteiger partial charge in [-0.3, -0.25) is 14.8 Å². The molecule has 3 heterocycles. The summed E-state index contributed by atoms with van der Waals surface area (Å²) in [7, 11) is 0. The second-order valence-electron chi connectivity index (χ2n) is 8.33. The molecule has 2 fully saturated rings. The monoisotopic (exact) mass is 421 g/mol. The van der Waals surface area contributed by atoms with Crippen LogP contribution in [0.5, 0.6) is 0 Å². The van der Waals surface area contributed by atoms with Crippen LogP contribution in [0.1, 0.15) is 44.5 Å². The molecule has 2 N–H and O–H groups in total. The van der Waals surface area contributed by atoms with Crippen molar-refractivity contribution in [2.24, 2.45) is 10.9 Å². The van der Waals surface area contributed by atoms with E-state index in [4.69, 9.17) is 9.73 Å². The molecular weight excluding hydrogens is 382 g/mol. The zero-order valence-electron chi connectivity index (χ0n) is 18.4. The lowest BCUT2D eigenvalue weighted by atomic mass is 10.0. The zero-order chi connectivity index (χ0) is 20.5.